The van der Waals surface area contributed by atoms with E-state index in [0.717, 1.165) is 25.2 Å². The second-order valence-corrected chi connectivity index (χ2v) is 7.07. The van der Waals surface area contributed by atoms with Crippen LogP contribution in [-0.2, 0) is 17.4 Å². The lowest BCUT2D eigenvalue weighted by atomic mass is 10.1. The van der Waals surface area contributed by atoms with Crippen LogP contribution in [0.3, 0.4) is 0 Å². The second-order valence-electron chi connectivity index (χ2n) is 7.07. The van der Waals surface area contributed by atoms with Gasteiger partial charge in [0, 0.05) is 38.2 Å². The van der Waals surface area contributed by atoms with E-state index >= 15 is 0 Å². The summed E-state index contributed by atoms with van der Waals surface area (Å²) in [4.78, 5) is 17.0. The molecule has 0 N–H and O–H groups in total. The zero-order valence-corrected chi connectivity index (χ0v) is 14.9. The zero-order valence-electron chi connectivity index (χ0n) is 14.9. The molecule has 1 saturated heterocycles. The quantitative estimate of drug-likeness (QED) is 0.803. The van der Waals surface area contributed by atoms with E-state index in [0.29, 0.717) is 43.1 Å². The SMILES string of the molecule is CN1CCN(C(=O)C2CCc3nnc(-c4cccc(C(F)(F)F)c4)n32)CC1. The van der Waals surface area contributed by atoms with Crippen molar-refractivity contribution in [2.75, 3.05) is 33.2 Å². The standard InChI is InChI=1S/C18H20F3N5O/c1-24-7-9-25(10-8-24)17(27)14-5-6-15-22-23-16(26(14)15)12-3-2-4-13(11-12)18(19,20)21/h2-4,11,14H,5-10H2,1H3. The highest BCUT2D eigenvalue weighted by atomic mass is 19.4. The van der Waals surface area contributed by atoms with Crippen molar-refractivity contribution in [2.45, 2.75) is 25.1 Å². The predicted molar refractivity (Wildman–Crippen MR) is 91.9 cm³/mol. The van der Waals surface area contributed by atoms with Crippen LogP contribution < -0.4 is 0 Å². The van der Waals surface area contributed by atoms with Gasteiger partial charge in [-0.3, -0.25) is 9.36 Å². The van der Waals surface area contributed by atoms with Gasteiger partial charge in [0.2, 0.25) is 5.91 Å². The topological polar surface area (TPSA) is 54.3 Å². The molecule has 2 aliphatic heterocycles. The summed E-state index contributed by atoms with van der Waals surface area (Å²) < 4.78 is 40.9. The lowest BCUT2D eigenvalue weighted by molar-refractivity contribution is -0.138. The first kappa shape index (κ1) is 18.0. The van der Waals surface area contributed by atoms with Crippen LogP contribution in [0.25, 0.3) is 11.4 Å². The largest absolute Gasteiger partial charge is 0.416 e. The molecule has 1 atom stereocenters. The van der Waals surface area contributed by atoms with Crippen molar-refractivity contribution in [1.82, 2.24) is 24.6 Å². The molecule has 9 heteroatoms. The van der Waals surface area contributed by atoms with Gasteiger partial charge in [0.25, 0.3) is 0 Å². The van der Waals surface area contributed by atoms with Crippen molar-refractivity contribution in [2.24, 2.45) is 0 Å². The zero-order chi connectivity index (χ0) is 19.2. The maximum atomic E-state index is 13.1. The molecular formula is C18H20F3N5O. The average Bonchev–Trinajstić information content (AvgIpc) is 3.23. The first-order valence-electron chi connectivity index (χ1n) is 8.93. The lowest BCUT2D eigenvalue weighted by Crippen LogP contribution is -2.49. The summed E-state index contributed by atoms with van der Waals surface area (Å²) in [6, 6.07) is 4.56. The highest BCUT2D eigenvalue weighted by Gasteiger charge is 2.36. The number of halogens is 3. The molecule has 144 valence electrons. The third-order valence-corrected chi connectivity index (χ3v) is 5.27. The van der Waals surface area contributed by atoms with E-state index in [4.69, 9.17) is 0 Å². The maximum absolute atomic E-state index is 13.1. The molecule has 2 aromatic rings. The van der Waals surface area contributed by atoms with Crippen molar-refractivity contribution >= 4 is 5.91 Å². The number of hydrogen-bond acceptors (Lipinski definition) is 4. The minimum atomic E-state index is -4.43. The number of aromatic nitrogens is 3. The lowest BCUT2D eigenvalue weighted by Gasteiger charge is -2.34. The minimum absolute atomic E-state index is 0.00474. The van der Waals surface area contributed by atoms with Crippen LogP contribution in [0.2, 0.25) is 0 Å². The van der Waals surface area contributed by atoms with Gasteiger partial charge >= 0.3 is 6.18 Å². The Bertz CT molecular complexity index is 855. The van der Waals surface area contributed by atoms with Gasteiger partial charge in [-0.05, 0) is 25.6 Å². The van der Waals surface area contributed by atoms with E-state index in [1.807, 2.05) is 11.9 Å². The van der Waals surface area contributed by atoms with Gasteiger partial charge in [-0.25, -0.2) is 0 Å². The monoisotopic (exact) mass is 379 g/mol. The number of hydrogen-bond donors (Lipinski definition) is 0. The molecule has 3 heterocycles. The molecule has 2 aliphatic rings. The number of benzene rings is 1. The summed E-state index contributed by atoms with van der Waals surface area (Å²) in [7, 11) is 2.01. The number of rotatable bonds is 2. The molecule has 1 unspecified atom stereocenters. The molecule has 0 spiro atoms. The van der Waals surface area contributed by atoms with Crippen LogP contribution in [0.4, 0.5) is 13.2 Å². The van der Waals surface area contributed by atoms with Crippen LogP contribution in [-0.4, -0.2) is 63.7 Å². The summed E-state index contributed by atoms with van der Waals surface area (Å²) in [5, 5.41) is 8.20. The van der Waals surface area contributed by atoms with E-state index < -0.39 is 17.8 Å². The molecule has 27 heavy (non-hydrogen) atoms. The number of amides is 1. The Hall–Kier alpha value is -2.42. The van der Waals surface area contributed by atoms with Crippen molar-refractivity contribution in [1.29, 1.82) is 0 Å². The molecule has 0 radical (unpaired) electrons. The highest BCUT2D eigenvalue weighted by molar-refractivity contribution is 5.82. The number of carbonyl (C=O) groups excluding carboxylic acids is 1. The minimum Gasteiger partial charge on any atom is -0.338 e. The van der Waals surface area contributed by atoms with E-state index in [9.17, 15) is 18.0 Å². The molecule has 4 rings (SSSR count). The molecule has 0 saturated carbocycles. The molecule has 0 aliphatic carbocycles. The third kappa shape index (κ3) is 3.31. The molecule has 0 bridgehead atoms. The maximum Gasteiger partial charge on any atom is 0.416 e. The van der Waals surface area contributed by atoms with E-state index in [1.54, 1.807) is 10.6 Å². The number of nitrogens with zero attached hydrogens (tertiary/aromatic N) is 5. The molecule has 1 aromatic carbocycles. The van der Waals surface area contributed by atoms with Crippen molar-refractivity contribution in [3.8, 4) is 11.4 Å². The summed E-state index contributed by atoms with van der Waals surface area (Å²) in [6.45, 7) is 2.94. The summed E-state index contributed by atoms with van der Waals surface area (Å²) in [5.41, 5.74) is -0.418. The van der Waals surface area contributed by atoms with E-state index in [-0.39, 0.29) is 5.91 Å². The Morgan fingerprint density at radius 1 is 1.15 bits per heavy atom. The third-order valence-electron chi connectivity index (χ3n) is 5.27. The smallest absolute Gasteiger partial charge is 0.338 e. The molecule has 1 aromatic heterocycles. The summed E-state index contributed by atoms with van der Waals surface area (Å²) in [6.07, 6.45) is -3.24. The number of piperazine rings is 1. The van der Waals surface area contributed by atoms with Gasteiger partial charge in [-0.1, -0.05) is 12.1 Å². The van der Waals surface area contributed by atoms with Gasteiger partial charge in [0.15, 0.2) is 5.82 Å². The molecule has 1 amide bonds. The second kappa shape index (κ2) is 6.63. The number of alkyl halides is 3. The van der Waals surface area contributed by atoms with Gasteiger partial charge in [-0.15, -0.1) is 10.2 Å². The van der Waals surface area contributed by atoms with Crippen molar-refractivity contribution in [3.63, 3.8) is 0 Å². The Kier molecular flexibility index (Phi) is 4.41. The Morgan fingerprint density at radius 2 is 1.89 bits per heavy atom. The van der Waals surface area contributed by atoms with E-state index in [1.165, 1.54) is 6.07 Å². The molecule has 6 nitrogen and oxygen atoms in total. The van der Waals surface area contributed by atoms with Gasteiger partial charge in [0.05, 0.1) is 5.56 Å². The summed E-state index contributed by atoms with van der Waals surface area (Å²) in [5.74, 6) is 0.964. The van der Waals surface area contributed by atoms with Crippen molar-refractivity contribution in [3.05, 3.63) is 35.7 Å². The molecular weight excluding hydrogens is 359 g/mol. The summed E-state index contributed by atoms with van der Waals surface area (Å²) >= 11 is 0. The number of likely N-dealkylation sites (N-methyl/N-ethyl adjacent to an activating group) is 1. The van der Waals surface area contributed by atoms with Crippen LogP contribution >= 0.6 is 0 Å². The Labute approximate surface area is 154 Å². The van der Waals surface area contributed by atoms with Crippen LogP contribution in [0.1, 0.15) is 23.9 Å². The van der Waals surface area contributed by atoms with Crippen LogP contribution in [0, 0.1) is 0 Å². The van der Waals surface area contributed by atoms with Crippen LogP contribution in [0.15, 0.2) is 24.3 Å². The molecule has 1 fully saturated rings. The first-order chi connectivity index (χ1) is 12.8. The number of aryl methyl sites for hydroxylation is 1. The van der Waals surface area contributed by atoms with Gasteiger partial charge in [-0.2, -0.15) is 13.2 Å². The van der Waals surface area contributed by atoms with Crippen LogP contribution in [0.5, 0.6) is 0 Å². The fourth-order valence-corrected chi connectivity index (χ4v) is 3.72. The van der Waals surface area contributed by atoms with Crippen molar-refractivity contribution < 1.29 is 18.0 Å². The number of fused-ring (bicyclic) bond motifs is 1. The Balaban J connectivity index is 1.65. The predicted octanol–water partition coefficient (Wildman–Crippen LogP) is 2.23. The Morgan fingerprint density at radius 3 is 2.59 bits per heavy atom. The van der Waals surface area contributed by atoms with Gasteiger partial charge < -0.3 is 9.80 Å². The van der Waals surface area contributed by atoms with Gasteiger partial charge in [0.1, 0.15) is 11.9 Å². The fraction of sp³-hybridized carbons (Fsp3) is 0.500. The normalized spacial score (nSPS) is 20.7. The number of carbonyl (C=O) groups is 1. The average molecular weight is 379 g/mol. The fourth-order valence-electron chi connectivity index (χ4n) is 3.72. The first-order valence-corrected chi connectivity index (χ1v) is 8.93. The van der Waals surface area contributed by atoms with E-state index in [2.05, 4.69) is 15.1 Å². The highest BCUT2D eigenvalue weighted by Crippen LogP contribution is 2.35.